The van der Waals surface area contributed by atoms with Gasteiger partial charge in [0.1, 0.15) is 6.61 Å². The van der Waals surface area contributed by atoms with Crippen molar-refractivity contribution in [3.8, 4) is 0 Å². The monoisotopic (exact) mass is 348 g/mol. The van der Waals surface area contributed by atoms with Crippen molar-refractivity contribution in [1.29, 1.82) is 0 Å². The van der Waals surface area contributed by atoms with Gasteiger partial charge >= 0.3 is 6.09 Å². The zero-order valence-corrected chi connectivity index (χ0v) is 14.9. The van der Waals surface area contributed by atoms with E-state index in [0.29, 0.717) is 6.61 Å². The first-order chi connectivity index (χ1) is 12.8. The second-order valence-corrected chi connectivity index (χ2v) is 7.17. The molecule has 0 aliphatic carbocycles. The molecule has 1 amide bonds. The molecule has 0 saturated carbocycles. The van der Waals surface area contributed by atoms with Crippen LogP contribution < -0.4 is 0 Å². The number of hydrogen-bond acceptors (Lipinski definition) is 3. The molecule has 1 aromatic carbocycles. The van der Waals surface area contributed by atoms with Crippen molar-refractivity contribution in [1.82, 2.24) is 9.88 Å². The van der Waals surface area contributed by atoms with Crippen molar-refractivity contribution in [2.45, 2.75) is 50.8 Å². The van der Waals surface area contributed by atoms with Crippen LogP contribution in [0, 0.1) is 0 Å². The molecule has 0 spiro atoms. The Hall–Kier alpha value is -2.62. The topological polar surface area (TPSA) is 42.4 Å². The molecule has 4 nitrogen and oxygen atoms in total. The number of hydrogen-bond donors (Lipinski definition) is 0. The SMILES string of the molecule is O=C(OCc1ccccc1)N1C2C=C(Cc3cccnc3)CC1CCC2. The van der Waals surface area contributed by atoms with Gasteiger partial charge in [-0.1, -0.05) is 48.0 Å². The van der Waals surface area contributed by atoms with E-state index in [2.05, 4.69) is 17.1 Å². The Morgan fingerprint density at radius 3 is 2.73 bits per heavy atom. The van der Waals surface area contributed by atoms with Gasteiger partial charge < -0.3 is 4.74 Å². The molecule has 1 saturated heterocycles. The zero-order chi connectivity index (χ0) is 17.8. The molecule has 3 heterocycles. The second kappa shape index (κ2) is 7.73. The minimum Gasteiger partial charge on any atom is -0.445 e. The van der Waals surface area contributed by atoms with Crippen LogP contribution in [0.1, 0.15) is 36.8 Å². The fraction of sp³-hybridized carbons (Fsp3) is 0.364. The largest absolute Gasteiger partial charge is 0.445 e. The molecule has 0 N–H and O–H groups in total. The lowest BCUT2D eigenvalue weighted by atomic mass is 9.83. The fourth-order valence-electron chi connectivity index (χ4n) is 4.09. The Morgan fingerprint density at radius 2 is 1.96 bits per heavy atom. The molecule has 2 aliphatic rings. The maximum Gasteiger partial charge on any atom is 0.410 e. The predicted molar refractivity (Wildman–Crippen MR) is 101 cm³/mol. The maximum absolute atomic E-state index is 12.7. The van der Waals surface area contributed by atoms with Crippen molar-refractivity contribution in [2.75, 3.05) is 0 Å². The van der Waals surface area contributed by atoms with Crippen LogP contribution >= 0.6 is 0 Å². The summed E-state index contributed by atoms with van der Waals surface area (Å²) in [5.41, 5.74) is 3.67. The average molecular weight is 348 g/mol. The smallest absolute Gasteiger partial charge is 0.410 e. The number of aromatic nitrogens is 1. The molecule has 2 aromatic rings. The Kier molecular flexibility index (Phi) is 5.00. The fourth-order valence-corrected chi connectivity index (χ4v) is 4.09. The summed E-state index contributed by atoms with van der Waals surface area (Å²) in [6.45, 7) is 0.335. The molecule has 2 atom stereocenters. The van der Waals surface area contributed by atoms with Crippen molar-refractivity contribution in [2.24, 2.45) is 0 Å². The average Bonchev–Trinajstić information content (AvgIpc) is 2.67. The number of rotatable bonds is 4. The van der Waals surface area contributed by atoms with Crippen LogP contribution in [-0.4, -0.2) is 28.1 Å². The molecule has 4 heteroatoms. The van der Waals surface area contributed by atoms with Crippen LogP contribution in [0.25, 0.3) is 0 Å². The normalized spacial score (nSPS) is 21.8. The van der Waals surface area contributed by atoms with Crippen molar-refractivity contribution in [3.63, 3.8) is 0 Å². The predicted octanol–water partition coefficient (Wildman–Crippen LogP) is 4.51. The molecule has 2 bridgehead atoms. The van der Waals surface area contributed by atoms with Gasteiger partial charge in [0.05, 0.1) is 6.04 Å². The number of nitrogens with zero attached hydrogens (tertiary/aromatic N) is 2. The van der Waals surface area contributed by atoms with Crippen molar-refractivity contribution in [3.05, 3.63) is 77.6 Å². The van der Waals surface area contributed by atoms with Crippen LogP contribution in [0.15, 0.2) is 66.5 Å². The van der Waals surface area contributed by atoms with E-state index in [1.807, 2.05) is 47.5 Å². The number of piperidine rings is 1. The van der Waals surface area contributed by atoms with Gasteiger partial charge in [-0.3, -0.25) is 9.88 Å². The Labute approximate surface area is 154 Å². The van der Waals surface area contributed by atoms with Gasteiger partial charge in [-0.15, -0.1) is 0 Å². The molecular formula is C22H24N2O2. The van der Waals surface area contributed by atoms with Gasteiger partial charge in [-0.05, 0) is 49.3 Å². The number of pyridine rings is 1. The molecule has 0 radical (unpaired) electrons. The third-order valence-electron chi connectivity index (χ3n) is 5.28. The lowest BCUT2D eigenvalue weighted by Crippen LogP contribution is -2.52. The first-order valence-electron chi connectivity index (χ1n) is 9.37. The van der Waals surface area contributed by atoms with E-state index < -0.39 is 0 Å². The molecule has 134 valence electrons. The summed E-state index contributed by atoms with van der Waals surface area (Å²) in [6.07, 6.45) is 10.9. The minimum atomic E-state index is -0.180. The lowest BCUT2D eigenvalue weighted by Gasteiger charge is -2.44. The molecule has 1 aromatic heterocycles. The highest BCUT2D eigenvalue weighted by Crippen LogP contribution is 2.34. The van der Waals surface area contributed by atoms with E-state index in [1.54, 1.807) is 6.20 Å². The van der Waals surface area contributed by atoms with Gasteiger partial charge in [0, 0.05) is 18.4 Å². The highest BCUT2D eigenvalue weighted by atomic mass is 16.6. The van der Waals surface area contributed by atoms with E-state index >= 15 is 0 Å². The number of ether oxygens (including phenoxy) is 1. The van der Waals surface area contributed by atoms with Gasteiger partial charge in [-0.25, -0.2) is 4.79 Å². The molecule has 4 rings (SSSR count). The minimum absolute atomic E-state index is 0.164. The molecular weight excluding hydrogens is 324 g/mol. The number of amides is 1. The van der Waals surface area contributed by atoms with Crippen LogP contribution in [0.4, 0.5) is 4.79 Å². The van der Waals surface area contributed by atoms with Gasteiger partial charge in [0.2, 0.25) is 0 Å². The number of fused-ring (bicyclic) bond motifs is 2. The van der Waals surface area contributed by atoms with Crippen molar-refractivity contribution >= 4 is 6.09 Å². The third kappa shape index (κ3) is 3.79. The highest BCUT2D eigenvalue weighted by molar-refractivity contribution is 5.69. The standard InChI is InChI=1S/C22H24N2O2/c25-22(26-16-17-6-2-1-3-7-17)24-20-9-4-10-21(24)14-19(13-20)12-18-8-5-11-23-15-18/h1-3,5-8,11,13,15,20-21H,4,9-10,12,14,16H2. The summed E-state index contributed by atoms with van der Waals surface area (Å²) < 4.78 is 5.61. The molecule has 2 unspecified atom stereocenters. The first kappa shape index (κ1) is 16.8. The second-order valence-electron chi connectivity index (χ2n) is 7.17. The van der Waals surface area contributed by atoms with Crippen molar-refractivity contribution < 1.29 is 9.53 Å². The van der Waals surface area contributed by atoms with E-state index in [0.717, 1.165) is 31.2 Å². The van der Waals surface area contributed by atoms with Gasteiger partial charge in [0.25, 0.3) is 0 Å². The first-order valence-corrected chi connectivity index (χ1v) is 9.37. The Bertz CT molecular complexity index is 773. The number of benzene rings is 1. The van der Waals surface area contributed by atoms with Crippen LogP contribution in [0.2, 0.25) is 0 Å². The zero-order valence-electron chi connectivity index (χ0n) is 14.9. The van der Waals surface area contributed by atoms with Crippen LogP contribution in [-0.2, 0) is 17.8 Å². The molecule has 2 aliphatic heterocycles. The summed E-state index contributed by atoms with van der Waals surface area (Å²) in [7, 11) is 0. The Balaban J connectivity index is 1.43. The maximum atomic E-state index is 12.7. The van der Waals surface area contributed by atoms with E-state index in [4.69, 9.17) is 4.74 Å². The summed E-state index contributed by atoms with van der Waals surface area (Å²) in [6, 6.07) is 14.4. The summed E-state index contributed by atoms with van der Waals surface area (Å²) in [4.78, 5) is 18.9. The number of carbonyl (C=O) groups is 1. The summed E-state index contributed by atoms with van der Waals surface area (Å²) in [5, 5.41) is 0. The summed E-state index contributed by atoms with van der Waals surface area (Å²) >= 11 is 0. The molecule has 1 fully saturated rings. The van der Waals surface area contributed by atoms with E-state index in [1.165, 1.54) is 17.6 Å². The Morgan fingerprint density at radius 1 is 1.12 bits per heavy atom. The van der Waals surface area contributed by atoms with Crippen LogP contribution in [0.3, 0.4) is 0 Å². The summed E-state index contributed by atoms with van der Waals surface area (Å²) in [5.74, 6) is 0. The van der Waals surface area contributed by atoms with E-state index in [-0.39, 0.29) is 18.2 Å². The highest BCUT2D eigenvalue weighted by Gasteiger charge is 2.37. The number of carbonyl (C=O) groups excluding carboxylic acids is 1. The quantitative estimate of drug-likeness (QED) is 0.763. The van der Waals surface area contributed by atoms with E-state index in [9.17, 15) is 4.79 Å². The van der Waals surface area contributed by atoms with Gasteiger partial charge in [0.15, 0.2) is 0 Å². The van der Waals surface area contributed by atoms with Gasteiger partial charge in [-0.2, -0.15) is 0 Å². The van der Waals surface area contributed by atoms with Crippen LogP contribution in [0.5, 0.6) is 0 Å². The third-order valence-corrected chi connectivity index (χ3v) is 5.28. The lowest BCUT2D eigenvalue weighted by molar-refractivity contribution is 0.0481. The molecule has 26 heavy (non-hydrogen) atoms.